The third-order valence-corrected chi connectivity index (χ3v) is 6.24. The predicted molar refractivity (Wildman–Crippen MR) is 123 cm³/mol. The number of fused-ring (bicyclic) bond motifs is 1. The van der Waals surface area contributed by atoms with Crippen LogP contribution in [0.25, 0.3) is 10.9 Å². The van der Waals surface area contributed by atoms with Gasteiger partial charge in [-0.3, -0.25) is 4.90 Å². The minimum absolute atomic E-state index is 0.707. The lowest BCUT2D eigenvalue weighted by Gasteiger charge is -2.37. The first-order valence-electron chi connectivity index (χ1n) is 10.5. The molecule has 1 N–H and O–H groups in total. The van der Waals surface area contributed by atoms with Crippen molar-refractivity contribution >= 4 is 28.2 Å². The summed E-state index contributed by atoms with van der Waals surface area (Å²) in [6.07, 6.45) is 3.14. The average Bonchev–Trinajstić information content (AvgIpc) is 3.15. The lowest BCUT2D eigenvalue weighted by molar-refractivity contribution is 0.252. The van der Waals surface area contributed by atoms with Crippen LogP contribution in [-0.2, 0) is 6.42 Å². The Labute approximate surface area is 182 Å². The summed E-state index contributed by atoms with van der Waals surface area (Å²) >= 11 is 6.43. The Balaban J connectivity index is 1.28. The number of nitrogens with one attached hydrogen (secondary N) is 1. The summed E-state index contributed by atoms with van der Waals surface area (Å²) in [4.78, 5) is 8.08. The maximum absolute atomic E-state index is 9.44. The highest BCUT2D eigenvalue weighted by molar-refractivity contribution is 6.33. The zero-order chi connectivity index (χ0) is 20.9. The number of halogens is 1. The summed E-state index contributed by atoms with van der Waals surface area (Å²) in [6, 6.07) is 16.3. The van der Waals surface area contributed by atoms with Crippen molar-refractivity contribution in [3.8, 4) is 11.8 Å². The molecule has 0 unspecified atom stereocenters. The molecule has 0 saturated carbocycles. The van der Waals surface area contributed by atoms with Crippen molar-refractivity contribution in [2.45, 2.75) is 19.3 Å². The molecule has 0 spiro atoms. The molecule has 0 radical (unpaired) electrons. The maximum atomic E-state index is 9.44. The van der Waals surface area contributed by atoms with E-state index in [1.807, 2.05) is 36.4 Å². The highest BCUT2D eigenvalue weighted by Crippen LogP contribution is 2.36. The molecule has 4 rings (SSSR count). The van der Waals surface area contributed by atoms with Gasteiger partial charge in [0.15, 0.2) is 0 Å². The number of nitriles is 1. The molecule has 2 aromatic carbocycles. The number of hydrogen-bond acceptors (Lipinski definition) is 4. The van der Waals surface area contributed by atoms with Gasteiger partial charge >= 0.3 is 0 Å². The van der Waals surface area contributed by atoms with E-state index in [1.165, 1.54) is 5.39 Å². The monoisotopic (exact) mass is 422 g/mol. The predicted octanol–water partition coefficient (Wildman–Crippen LogP) is 4.85. The molecule has 0 aliphatic carbocycles. The molecule has 6 heteroatoms. The van der Waals surface area contributed by atoms with E-state index in [-0.39, 0.29) is 0 Å². The fourth-order valence-electron chi connectivity index (χ4n) is 4.35. The van der Waals surface area contributed by atoms with E-state index in [1.54, 1.807) is 7.11 Å². The van der Waals surface area contributed by atoms with E-state index in [2.05, 4.69) is 26.9 Å². The lowest BCUT2D eigenvalue weighted by atomic mass is 10.0. The van der Waals surface area contributed by atoms with E-state index >= 15 is 0 Å². The van der Waals surface area contributed by atoms with Gasteiger partial charge in [0.05, 0.1) is 17.8 Å². The smallest absolute Gasteiger partial charge is 0.143 e. The number of anilines is 1. The second kappa shape index (κ2) is 9.42. The first-order chi connectivity index (χ1) is 14.7. The topological polar surface area (TPSA) is 55.3 Å². The van der Waals surface area contributed by atoms with E-state index in [9.17, 15) is 5.26 Å². The number of aryl methyl sites for hydroxylation is 1. The van der Waals surface area contributed by atoms with Crippen molar-refractivity contribution < 1.29 is 4.74 Å². The van der Waals surface area contributed by atoms with Crippen LogP contribution < -0.4 is 9.64 Å². The number of ether oxygens (including phenoxy) is 1. The average molecular weight is 423 g/mol. The first-order valence-corrected chi connectivity index (χ1v) is 10.9. The summed E-state index contributed by atoms with van der Waals surface area (Å²) in [5, 5.41) is 11.4. The summed E-state index contributed by atoms with van der Waals surface area (Å²) in [5.41, 5.74) is 3.92. The number of hydrogen-bond donors (Lipinski definition) is 1. The number of benzene rings is 2. The first kappa shape index (κ1) is 20.6. The van der Waals surface area contributed by atoms with Crippen LogP contribution in [0.1, 0.15) is 24.1 Å². The number of methoxy groups -OCH3 is 1. The van der Waals surface area contributed by atoms with Crippen molar-refractivity contribution in [1.29, 1.82) is 5.26 Å². The summed E-state index contributed by atoms with van der Waals surface area (Å²) in [7, 11) is 1.69. The van der Waals surface area contributed by atoms with Gasteiger partial charge in [0.25, 0.3) is 0 Å². The number of rotatable bonds is 7. The number of H-pyrrole nitrogens is 1. The van der Waals surface area contributed by atoms with Crippen LogP contribution in [0.5, 0.6) is 5.75 Å². The molecule has 0 atom stereocenters. The Bertz CT molecular complexity index is 1050. The Morgan fingerprint density at radius 1 is 1.07 bits per heavy atom. The molecule has 30 heavy (non-hydrogen) atoms. The Morgan fingerprint density at radius 3 is 2.63 bits per heavy atom. The fourth-order valence-corrected chi connectivity index (χ4v) is 4.64. The normalized spacial score (nSPS) is 14.8. The number of para-hydroxylation sites is 2. The lowest BCUT2D eigenvalue weighted by Crippen LogP contribution is -2.46. The molecule has 1 saturated heterocycles. The highest BCUT2D eigenvalue weighted by Gasteiger charge is 2.21. The second-order valence-corrected chi connectivity index (χ2v) is 8.12. The van der Waals surface area contributed by atoms with Crippen LogP contribution >= 0.6 is 11.6 Å². The van der Waals surface area contributed by atoms with Crippen molar-refractivity contribution in [3.05, 3.63) is 58.7 Å². The van der Waals surface area contributed by atoms with Gasteiger partial charge in [0, 0.05) is 37.1 Å². The number of aromatic nitrogens is 1. The van der Waals surface area contributed by atoms with E-state index in [0.717, 1.165) is 79.5 Å². The number of nitrogens with zero attached hydrogens (tertiary/aromatic N) is 3. The van der Waals surface area contributed by atoms with Crippen LogP contribution in [-0.4, -0.2) is 49.7 Å². The van der Waals surface area contributed by atoms with Crippen molar-refractivity contribution in [2.75, 3.05) is 44.7 Å². The van der Waals surface area contributed by atoms with E-state index in [0.29, 0.717) is 5.69 Å². The summed E-state index contributed by atoms with van der Waals surface area (Å²) < 4.78 is 5.51. The molecule has 3 aromatic rings. The van der Waals surface area contributed by atoms with Gasteiger partial charge in [0.2, 0.25) is 0 Å². The van der Waals surface area contributed by atoms with E-state index in [4.69, 9.17) is 16.3 Å². The largest absolute Gasteiger partial charge is 0.495 e. The van der Waals surface area contributed by atoms with Gasteiger partial charge in [0.1, 0.15) is 17.5 Å². The maximum Gasteiger partial charge on any atom is 0.143 e. The van der Waals surface area contributed by atoms with Crippen LogP contribution in [0.15, 0.2) is 42.5 Å². The third kappa shape index (κ3) is 4.26. The molecular formula is C24H27ClN4O. The van der Waals surface area contributed by atoms with Crippen molar-refractivity contribution in [1.82, 2.24) is 9.88 Å². The van der Waals surface area contributed by atoms with Gasteiger partial charge in [-0.15, -0.1) is 0 Å². The van der Waals surface area contributed by atoms with Crippen LogP contribution in [0, 0.1) is 11.3 Å². The third-order valence-electron chi connectivity index (χ3n) is 5.93. The standard InChI is InChI=1S/C24H27ClN4O/c1-30-23-11-6-9-20(25)24(23)29-15-13-28(14-16-29)12-5-4-8-19-18-7-2-3-10-21(18)27-22(19)17-26/h2-3,6-7,9-11,27H,4-5,8,12-16H2,1H3. The number of aromatic amines is 1. The molecule has 156 valence electrons. The van der Waals surface area contributed by atoms with Crippen molar-refractivity contribution in [3.63, 3.8) is 0 Å². The zero-order valence-corrected chi connectivity index (χ0v) is 18.1. The zero-order valence-electron chi connectivity index (χ0n) is 17.3. The molecular weight excluding hydrogens is 396 g/mol. The van der Waals surface area contributed by atoms with E-state index < -0.39 is 0 Å². The number of piperazine rings is 1. The minimum atomic E-state index is 0.707. The Kier molecular flexibility index (Phi) is 6.47. The van der Waals surface area contributed by atoms with Crippen molar-refractivity contribution in [2.24, 2.45) is 0 Å². The molecule has 1 aromatic heterocycles. The molecule has 1 fully saturated rings. The molecule has 1 aliphatic heterocycles. The molecule has 2 heterocycles. The summed E-state index contributed by atoms with van der Waals surface area (Å²) in [6.45, 7) is 5.01. The van der Waals surface area contributed by atoms with Gasteiger partial charge in [-0.05, 0) is 49.6 Å². The Hall–Kier alpha value is -2.68. The minimum Gasteiger partial charge on any atom is -0.495 e. The number of unbranched alkanes of at least 4 members (excludes halogenated alkanes) is 1. The molecule has 5 nitrogen and oxygen atoms in total. The van der Waals surface area contributed by atoms with Gasteiger partial charge in [-0.1, -0.05) is 35.9 Å². The fraction of sp³-hybridized carbons (Fsp3) is 0.375. The summed E-state index contributed by atoms with van der Waals surface area (Å²) in [5.74, 6) is 0.836. The highest BCUT2D eigenvalue weighted by atomic mass is 35.5. The molecule has 0 amide bonds. The van der Waals surface area contributed by atoms with Crippen LogP contribution in [0.2, 0.25) is 5.02 Å². The van der Waals surface area contributed by atoms with Gasteiger partial charge in [-0.25, -0.2) is 0 Å². The quantitative estimate of drug-likeness (QED) is 0.553. The Morgan fingerprint density at radius 2 is 1.87 bits per heavy atom. The molecule has 0 bridgehead atoms. The molecule has 1 aliphatic rings. The van der Waals surface area contributed by atoms with Crippen LogP contribution in [0.4, 0.5) is 5.69 Å². The van der Waals surface area contributed by atoms with Gasteiger partial charge in [-0.2, -0.15) is 5.26 Å². The van der Waals surface area contributed by atoms with Crippen LogP contribution in [0.3, 0.4) is 0 Å². The van der Waals surface area contributed by atoms with Gasteiger partial charge < -0.3 is 14.6 Å². The SMILES string of the molecule is COc1cccc(Cl)c1N1CCN(CCCCc2c(C#N)[nH]c3ccccc23)CC1. The second-order valence-electron chi connectivity index (χ2n) is 7.71.